The average Bonchev–Trinajstić information content (AvgIpc) is 3.28. The Kier molecular flexibility index (Phi) is 23.2. The van der Waals surface area contributed by atoms with Gasteiger partial charge in [0.25, 0.3) is 6.47 Å². The van der Waals surface area contributed by atoms with Crippen LogP contribution in [0.2, 0.25) is 0 Å². The van der Waals surface area contributed by atoms with Gasteiger partial charge >= 0.3 is 5.97 Å². The van der Waals surface area contributed by atoms with E-state index in [2.05, 4.69) is 5.32 Å². The van der Waals surface area contributed by atoms with E-state index in [0.29, 0.717) is 45.3 Å². The maximum absolute atomic E-state index is 14.5. The summed E-state index contributed by atoms with van der Waals surface area (Å²) in [7, 11) is 5.26. The van der Waals surface area contributed by atoms with Crippen molar-refractivity contribution >= 4 is 18.3 Å². The van der Waals surface area contributed by atoms with E-state index >= 15 is 0 Å². The highest BCUT2D eigenvalue weighted by molar-refractivity contribution is 5.76. The highest BCUT2D eigenvalue weighted by Crippen LogP contribution is 2.40. The standard InChI is InChI=1S/C49H85N3O13.CH2O2/c1-14-37-49(10,59)42(55)33(6)52(24-18-23-50-38(53)22-21-35-19-16-15-17-20-35)28-29(2)26-47(8,58)44(65-46-40(54)36(51(11)12)25-30(3)61-46)31(4)41(32(5)45(57)63-37)64-39-27-48(9,60-13)43(56)34(7)62-39;2-1-3/h15-17,19-20,29-34,36-37,39-44,46,54-56,58-59H,14,18,21-28H2,1-13H3,(H,50,53);1H,(H,2,3)/t29-,30-,31+,32-,33-,34+,36+,37-,39+,40-,41+,42-,43+,44-,46+,47-,48-,49-;/m1./s1. The van der Waals surface area contributed by atoms with Crippen molar-refractivity contribution in [3.63, 3.8) is 0 Å². The molecule has 0 saturated carbocycles. The number of amides is 1. The van der Waals surface area contributed by atoms with Gasteiger partial charge in [-0.05, 0) is 106 Å². The Morgan fingerprint density at radius 1 is 0.971 bits per heavy atom. The first-order valence-corrected chi connectivity index (χ1v) is 24.4. The van der Waals surface area contributed by atoms with Crippen LogP contribution in [0.1, 0.15) is 113 Å². The van der Waals surface area contributed by atoms with Crippen LogP contribution in [-0.2, 0) is 49.2 Å². The number of carbonyl (C=O) groups excluding carboxylic acids is 2. The lowest BCUT2D eigenvalue weighted by atomic mass is 9.77. The van der Waals surface area contributed by atoms with Crippen LogP contribution >= 0.6 is 0 Å². The number of esters is 1. The zero-order valence-corrected chi connectivity index (χ0v) is 42.9. The van der Waals surface area contributed by atoms with Crippen molar-refractivity contribution in [2.45, 2.75) is 204 Å². The smallest absolute Gasteiger partial charge is 0.311 e. The van der Waals surface area contributed by atoms with Crippen molar-refractivity contribution in [1.29, 1.82) is 0 Å². The quantitative estimate of drug-likeness (QED) is 0.0805. The number of hydrogen-bond acceptors (Lipinski definition) is 16. The van der Waals surface area contributed by atoms with Crippen LogP contribution < -0.4 is 5.32 Å². The molecule has 392 valence electrons. The number of rotatable bonds is 14. The van der Waals surface area contributed by atoms with Crippen molar-refractivity contribution in [2.24, 2.45) is 17.8 Å². The number of aliphatic hydroxyl groups excluding tert-OH is 3. The molecule has 68 heavy (non-hydrogen) atoms. The summed E-state index contributed by atoms with van der Waals surface area (Å²) in [5.74, 6) is -2.89. The lowest BCUT2D eigenvalue weighted by Crippen LogP contribution is -2.60. The van der Waals surface area contributed by atoms with E-state index in [1.807, 2.05) is 81.9 Å². The summed E-state index contributed by atoms with van der Waals surface area (Å²) in [6, 6.07) is 8.86. The number of nitrogens with zero attached hydrogens (tertiary/aromatic N) is 2. The van der Waals surface area contributed by atoms with Gasteiger partial charge < -0.3 is 69.3 Å². The summed E-state index contributed by atoms with van der Waals surface area (Å²) in [5.41, 5.74) is -3.51. The fraction of sp³-hybridized carbons (Fsp3) is 0.820. The van der Waals surface area contributed by atoms with Crippen LogP contribution in [0.5, 0.6) is 0 Å². The Labute approximate surface area is 404 Å². The van der Waals surface area contributed by atoms with Gasteiger partial charge in [0.15, 0.2) is 12.6 Å². The van der Waals surface area contributed by atoms with Crippen molar-refractivity contribution in [3.05, 3.63) is 35.9 Å². The molecule has 0 radical (unpaired) electrons. The molecule has 4 rings (SSSR count). The predicted octanol–water partition coefficient (Wildman–Crippen LogP) is 3.11. The van der Waals surface area contributed by atoms with Crippen LogP contribution in [0.4, 0.5) is 0 Å². The molecular formula is C50H87N3O15. The number of aryl methyl sites for hydroxylation is 1. The minimum atomic E-state index is -1.90. The van der Waals surface area contributed by atoms with Gasteiger partial charge in [-0.15, -0.1) is 0 Å². The largest absolute Gasteiger partial charge is 0.483 e. The fourth-order valence-electron chi connectivity index (χ4n) is 10.4. The molecule has 18 atom stereocenters. The molecule has 3 fully saturated rings. The molecule has 0 aliphatic carbocycles. The average molecular weight is 970 g/mol. The highest BCUT2D eigenvalue weighted by atomic mass is 16.7. The molecule has 0 aromatic heterocycles. The first-order chi connectivity index (χ1) is 31.8. The van der Waals surface area contributed by atoms with E-state index in [-0.39, 0.29) is 49.7 Å². The Morgan fingerprint density at radius 3 is 2.19 bits per heavy atom. The number of likely N-dealkylation sites (N-methyl/N-ethyl adjacent to an activating group) is 1. The third-order valence-electron chi connectivity index (χ3n) is 14.5. The number of hydrogen-bond donors (Lipinski definition) is 7. The Bertz CT molecular complexity index is 1670. The van der Waals surface area contributed by atoms with Crippen LogP contribution in [0.25, 0.3) is 0 Å². The normalized spacial score (nSPS) is 40.2. The predicted molar refractivity (Wildman–Crippen MR) is 254 cm³/mol. The maximum atomic E-state index is 14.5. The molecule has 3 saturated heterocycles. The number of aliphatic hydroxyl groups is 5. The summed E-state index contributed by atoms with van der Waals surface area (Å²) >= 11 is 0. The van der Waals surface area contributed by atoms with Gasteiger partial charge in [-0.1, -0.05) is 51.1 Å². The topological polar surface area (TPSA) is 246 Å². The Balaban J connectivity index is 0.00000397. The second kappa shape index (κ2) is 26.6. The molecule has 3 aliphatic heterocycles. The van der Waals surface area contributed by atoms with E-state index in [4.69, 9.17) is 38.3 Å². The molecule has 3 aliphatic rings. The van der Waals surface area contributed by atoms with E-state index in [1.54, 1.807) is 34.6 Å². The third kappa shape index (κ3) is 15.8. The first kappa shape index (κ1) is 59.5. The van der Waals surface area contributed by atoms with Gasteiger partial charge in [0.2, 0.25) is 5.91 Å². The van der Waals surface area contributed by atoms with E-state index in [9.17, 15) is 35.1 Å². The van der Waals surface area contributed by atoms with Gasteiger partial charge in [-0.2, -0.15) is 0 Å². The molecule has 0 spiro atoms. The fourth-order valence-corrected chi connectivity index (χ4v) is 10.4. The van der Waals surface area contributed by atoms with Crippen LogP contribution in [0.15, 0.2) is 30.3 Å². The SMILES string of the molecule is CC[C@H]1OC(=O)[C@H](C)[C@@H](O[C@H]2C[C@@](C)(OC)[C@@H](O)[C@H](C)O2)[C@H](C)[C@@H](O[C@@H]2O[C@H](C)C[C@H](N(C)C)[C@H]2O)[C@](C)(O)C[C@@H](C)CN(CCCNC(=O)CCc2ccccc2)[C@H](C)[C@@H](O)[C@]1(C)O.O=CO. The molecule has 1 aromatic rings. The molecule has 18 heteroatoms. The van der Waals surface area contributed by atoms with Gasteiger partial charge in [0.05, 0.1) is 41.5 Å². The number of carbonyl (C=O) groups is 3. The lowest BCUT2D eigenvalue weighted by molar-refractivity contribution is -0.318. The van der Waals surface area contributed by atoms with Crippen LogP contribution in [0.3, 0.4) is 0 Å². The molecule has 3 heterocycles. The molecular weight excluding hydrogens is 883 g/mol. The third-order valence-corrected chi connectivity index (χ3v) is 14.5. The number of benzene rings is 1. The van der Waals surface area contributed by atoms with Crippen molar-refractivity contribution < 1.29 is 73.4 Å². The van der Waals surface area contributed by atoms with Gasteiger partial charge in [0.1, 0.15) is 30.0 Å². The van der Waals surface area contributed by atoms with Crippen LogP contribution in [-0.4, -0.2) is 190 Å². The van der Waals surface area contributed by atoms with Crippen molar-refractivity contribution in [2.75, 3.05) is 40.8 Å². The van der Waals surface area contributed by atoms with Gasteiger partial charge in [-0.3, -0.25) is 19.3 Å². The number of carboxylic acid groups (broad SMARTS) is 1. The Hall–Kier alpha value is -2.85. The van der Waals surface area contributed by atoms with Gasteiger partial charge in [0, 0.05) is 57.6 Å². The van der Waals surface area contributed by atoms with Gasteiger partial charge in [-0.25, -0.2) is 0 Å². The van der Waals surface area contributed by atoms with Crippen molar-refractivity contribution in [1.82, 2.24) is 15.1 Å². The first-order valence-electron chi connectivity index (χ1n) is 24.4. The molecule has 1 aromatic carbocycles. The van der Waals surface area contributed by atoms with E-state index in [1.165, 1.54) is 14.0 Å². The Morgan fingerprint density at radius 2 is 1.60 bits per heavy atom. The second-order valence-electron chi connectivity index (χ2n) is 20.5. The van der Waals surface area contributed by atoms with Crippen molar-refractivity contribution in [3.8, 4) is 0 Å². The molecule has 0 unspecified atom stereocenters. The zero-order chi connectivity index (χ0) is 51.3. The monoisotopic (exact) mass is 970 g/mol. The summed E-state index contributed by atoms with van der Waals surface area (Å²) in [6.45, 7) is 18.5. The summed E-state index contributed by atoms with van der Waals surface area (Å²) < 4.78 is 38.0. The number of nitrogens with one attached hydrogen (secondary N) is 1. The minimum absolute atomic E-state index is 0.0659. The number of methoxy groups -OCH3 is 1. The molecule has 0 bridgehead atoms. The summed E-state index contributed by atoms with van der Waals surface area (Å²) in [4.78, 5) is 39.7. The van der Waals surface area contributed by atoms with Crippen LogP contribution in [0, 0.1) is 17.8 Å². The molecule has 18 nitrogen and oxygen atoms in total. The zero-order valence-electron chi connectivity index (χ0n) is 42.9. The number of ether oxygens (including phenoxy) is 6. The van der Waals surface area contributed by atoms with E-state index < -0.39 is 96.0 Å². The highest BCUT2D eigenvalue weighted by Gasteiger charge is 2.53. The van der Waals surface area contributed by atoms with E-state index in [0.717, 1.165) is 5.56 Å². The molecule has 7 N–H and O–H groups in total. The maximum Gasteiger partial charge on any atom is 0.311 e. The number of cyclic esters (lactones) is 1. The summed E-state index contributed by atoms with van der Waals surface area (Å²) in [6.07, 6.45) is -7.38. The minimum Gasteiger partial charge on any atom is -0.483 e. The molecule has 1 amide bonds. The summed E-state index contributed by atoms with van der Waals surface area (Å²) in [5, 5.41) is 69.7. The second-order valence-corrected chi connectivity index (χ2v) is 20.5. The lowest BCUT2D eigenvalue weighted by Gasteiger charge is -2.48.